The highest BCUT2D eigenvalue weighted by atomic mass is 16.5. The van der Waals surface area contributed by atoms with Crippen LogP contribution in [0.1, 0.15) is 17.3 Å². The average Bonchev–Trinajstić information content (AvgIpc) is 3.01. The normalized spacial score (nSPS) is 10.6. The molecule has 7 heteroatoms. The smallest absolute Gasteiger partial charge is 0.270 e. The van der Waals surface area contributed by atoms with Crippen molar-refractivity contribution < 1.29 is 9.53 Å². The number of carbonyl (C=O) groups is 1. The molecule has 2 aromatic carbocycles. The zero-order chi connectivity index (χ0) is 15.5. The average molecular weight is 297 g/mol. The number of anilines is 1. The second-order valence-corrected chi connectivity index (χ2v) is 4.66. The van der Waals surface area contributed by atoms with Crippen LogP contribution in [0.15, 0.2) is 36.4 Å². The van der Waals surface area contributed by atoms with Crippen molar-refractivity contribution >= 4 is 22.6 Å². The van der Waals surface area contributed by atoms with Gasteiger partial charge in [0.2, 0.25) is 0 Å². The number of hydrogen-bond acceptors (Lipinski definition) is 5. The van der Waals surface area contributed by atoms with Gasteiger partial charge in [0.05, 0.1) is 19.2 Å². The van der Waals surface area contributed by atoms with Gasteiger partial charge in [0.15, 0.2) is 0 Å². The van der Waals surface area contributed by atoms with Crippen molar-refractivity contribution in [2.45, 2.75) is 13.5 Å². The standard InChI is InChI=1S/C15H15N5O2/c1-3-20-18-15(17-19-20)16-14(21)12-8-10-6-4-5-7-11(10)9-13(12)22-2/h4-9H,3H2,1-2H3,(H,16,18,21). The Kier molecular flexibility index (Phi) is 3.69. The van der Waals surface area contributed by atoms with E-state index in [-0.39, 0.29) is 11.9 Å². The van der Waals surface area contributed by atoms with Crippen molar-refractivity contribution in [1.29, 1.82) is 0 Å². The number of tetrazole rings is 1. The van der Waals surface area contributed by atoms with E-state index in [1.165, 1.54) is 11.9 Å². The lowest BCUT2D eigenvalue weighted by Crippen LogP contribution is -2.14. The van der Waals surface area contributed by atoms with Gasteiger partial charge in [-0.15, -0.1) is 5.10 Å². The maximum atomic E-state index is 12.4. The number of carbonyl (C=O) groups excluding carboxylic acids is 1. The van der Waals surface area contributed by atoms with E-state index in [9.17, 15) is 4.79 Å². The summed E-state index contributed by atoms with van der Waals surface area (Å²) in [5, 5.41) is 16.2. The van der Waals surface area contributed by atoms with E-state index in [0.717, 1.165) is 10.8 Å². The second-order valence-electron chi connectivity index (χ2n) is 4.66. The summed E-state index contributed by atoms with van der Waals surface area (Å²) in [5.74, 6) is 0.333. The van der Waals surface area contributed by atoms with E-state index in [4.69, 9.17) is 4.74 Å². The predicted molar refractivity (Wildman–Crippen MR) is 81.9 cm³/mol. The summed E-state index contributed by atoms with van der Waals surface area (Å²) in [4.78, 5) is 13.8. The summed E-state index contributed by atoms with van der Waals surface area (Å²) in [5.41, 5.74) is 0.425. The van der Waals surface area contributed by atoms with Gasteiger partial charge in [0.25, 0.3) is 11.9 Å². The molecule has 0 fully saturated rings. The zero-order valence-corrected chi connectivity index (χ0v) is 12.3. The number of nitrogens with one attached hydrogen (secondary N) is 1. The van der Waals surface area contributed by atoms with Gasteiger partial charge in [-0.25, -0.2) is 0 Å². The quantitative estimate of drug-likeness (QED) is 0.797. The van der Waals surface area contributed by atoms with E-state index >= 15 is 0 Å². The molecular weight excluding hydrogens is 282 g/mol. The first-order valence-electron chi connectivity index (χ1n) is 6.87. The number of methoxy groups -OCH3 is 1. The molecule has 0 aliphatic rings. The lowest BCUT2D eigenvalue weighted by Gasteiger charge is -2.09. The summed E-state index contributed by atoms with van der Waals surface area (Å²) in [6.45, 7) is 2.47. The first-order chi connectivity index (χ1) is 10.7. The molecule has 0 atom stereocenters. The third-order valence-electron chi connectivity index (χ3n) is 3.27. The lowest BCUT2D eigenvalue weighted by atomic mass is 10.1. The number of rotatable bonds is 4. The van der Waals surface area contributed by atoms with Crippen molar-refractivity contribution in [3.63, 3.8) is 0 Å². The van der Waals surface area contributed by atoms with E-state index in [2.05, 4.69) is 20.7 Å². The van der Waals surface area contributed by atoms with Gasteiger partial charge in [-0.05, 0) is 35.0 Å². The molecule has 0 saturated heterocycles. The van der Waals surface area contributed by atoms with E-state index in [1.54, 1.807) is 6.07 Å². The van der Waals surface area contributed by atoms with Gasteiger partial charge in [-0.1, -0.05) is 29.4 Å². The lowest BCUT2D eigenvalue weighted by molar-refractivity contribution is 0.102. The highest BCUT2D eigenvalue weighted by Crippen LogP contribution is 2.26. The van der Waals surface area contributed by atoms with E-state index in [1.807, 2.05) is 37.3 Å². The molecule has 0 aliphatic carbocycles. The third kappa shape index (κ3) is 2.60. The van der Waals surface area contributed by atoms with Gasteiger partial charge in [-0.2, -0.15) is 4.80 Å². The number of hydrogen-bond donors (Lipinski definition) is 1. The summed E-state index contributed by atoms with van der Waals surface area (Å²) < 4.78 is 5.32. The minimum Gasteiger partial charge on any atom is -0.496 e. The Morgan fingerprint density at radius 3 is 2.64 bits per heavy atom. The van der Waals surface area contributed by atoms with Crippen molar-refractivity contribution in [2.75, 3.05) is 12.4 Å². The largest absolute Gasteiger partial charge is 0.496 e. The topological polar surface area (TPSA) is 81.9 Å². The van der Waals surface area contributed by atoms with Crippen molar-refractivity contribution in [2.24, 2.45) is 0 Å². The number of ether oxygens (including phenoxy) is 1. The van der Waals surface area contributed by atoms with Crippen molar-refractivity contribution in [3.8, 4) is 5.75 Å². The number of benzene rings is 2. The van der Waals surface area contributed by atoms with Gasteiger partial charge >= 0.3 is 0 Å². The third-order valence-corrected chi connectivity index (χ3v) is 3.27. The van der Waals surface area contributed by atoms with Crippen LogP contribution in [0.25, 0.3) is 10.8 Å². The molecule has 1 aromatic heterocycles. The van der Waals surface area contributed by atoms with Crippen LogP contribution in [0, 0.1) is 0 Å². The number of aromatic nitrogens is 4. The molecule has 1 N–H and O–H groups in total. The van der Waals surface area contributed by atoms with Gasteiger partial charge in [0.1, 0.15) is 5.75 Å². The van der Waals surface area contributed by atoms with Gasteiger partial charge in [-0.3, -0.25) is 10.1 Å². The van der Waals surface area contributed by atoms with Crippen LogP contribution in [-0.4, -0.2) is 33.2 Å². The molecule has 3 aromatic rings. The number of amides is 1. The van der Waals surface area contributed by atoms with Crippen LogP contribution in [-0.2, 0) is 6.54 Å². The molecule has 112 valence electrons. The molecule has 1 amide bonds. The zero-order valence-electron chi connectivity index (χ0n) is 12.3. The summed E-state index contributed by atoms with van der Waals surface area (Å²) >= 11 is 0. The summed E-state index contributed by atoms with van der Waals surface area (Å²) in [6, 6.07) is 11.4. The van der Waals surface area contributed by atoms with Crippen LogP contribution in [0.4, 0.5) is 5.95 Å². The molecular formula is C15H15N5O2. The van der Waals surface area contributed by atoms with Crippen LogP contribution in [0.3, 0.4) is 0 Å². The fourth-order valence-corrected chi connectivity index (χ4v) is 2.16. The Balaban J connectivity index is 1.95. The molecule has 7 nitrogen and oxygen atoms in total. The first kappa shape index (κ1) is 14.0. The van der Waals surface area contributed by atoms with E-state index in [0.29, 0.717) is 17.9 Å². The fraction of sp³-hybridized carbons (Fsp3) is 0.200. The Labute approximate surface area is 126 Å². The van der Waals surface area contributed by atoms with Crippen molar-refractivity contribution in [1.82, 2.24) is 20.2 Å². The van der Waals surface area contributed by atoms with Crippen LogP contribution >= 0.6 is 0 Å². The maximum absolute atomic E-state index is 12.4. The molecule has 1 heterocycles. The Hall–Kier alpha value is -2.96. The molecule has 0 unspecified atom stereocenters. The Morgan fingerprint density at radius 1 is 1.27 bits per heavy atom. The van der Waals surface area contributed by atoms with Crippen LogP contribution < -0.4 is 10.1 Å². The number of aryl methyl sites for hydroxylation is 1. The molecule has 0 aliphatic heterocycles. The number of nitrogens with zero attached hydrogens (tertiary/aromatic N) is 4. The van der Waals surface area contributed by atoms with Gasteiger partial charge < -0.3 is 4.74 Å². The Morgan fingerprint density at radius 2 is 2.00 bits per heavy atom. The SMILES string of the molecule is CCn1nnc(NC(=O)c2cc3ccccc3cc2OC)n1. The molecule has 0 bridgehead atoms. The fourth-order valence-electron chi connectivity index (χ4n) is 2.16. The Bertz CT molecular complexity index is 828. The van der Waals surface area contributed by atoms with Gasteiger partial charge in [0, 0.05) is 0 Å². The summed E-state index contributed by atoms with van der Waals surface area (Å²) in [6.07, 6.45) is 0. The minimum absolute atomic E-state index is 0.169. The molecule has 0 spiro atoms. The highest BCUT2D eigenvalue weighted by Gasteiger charge is 2.15. The number of fused-ring (bicyclic) bond motifs is 1. The minimum atomic E-state index is -0.335. The predicted octanol–water partition coefficient (Wildman–Crippen LogP) is 2.11. The second kappa shape index (κ2) is 5.80. The monoisotopic (exact) mass is 297 g/mol. The maximum Gasteiger partial charge on any atom is 0.270 e. The molecule has 0 radical (unpaired) electrons. The van der Waals surface area contributed by atoms with Crippen LogP contribution in [0.5, 0.6) is 5.75 Å². The first-order valence-corrected chi connectivity index (χ1v) is 6.87. The summed E-state index contributed by atoms with van der Waals surface area (Å²) in [7, 11) is 1.53. The van der Waals surface area contributed by atoms with E-state index < -0.39 is 0 Å². The van der Waals surface area contributed by atoms with Crippen LogP contribution in [0.2, 0.25) is 0 Å². The highest BCUT2D eigenvalue weighted by molar-refractivity contribution is 6.08. The molecule has 22 heavy (non-hydrogen) atoms. The molecule has 3 rings (SSSR count). The van der Waals surface area contributed by atoms with Crippen molar-refractivity contribution in [3.05, 3.63) is 42.0 Å². The molecule has 0 saturated carbocycles.